The Morgan fingerprint density at radius 1 is 1.22 bits per heavy atom. The lowest BCUT2D eigenvalue weighted by atomic mass is 10.2. The molecule has 5 heteroatoms. The number of hydrogen-bond acceptors (Lipinski definition) is 3. The summed E-state index contributed by atoms with van der Waals surface area (Å²) in [5.74, 6) is 1.12. The van der Waals surface area contributed by atoms with Gasteiger partial charge in [0.1, 0.15) is 10.8 Å². The molecule has 0 amide bonds. The van der Waals surface area contributed by atoms with Crippen molar-refractivity contribution in [1.82, 2.24) is 15.0 Å². The summed E-state index contributed by atoms with van der Waals surface area (Å²) in [5, 5.41) is 0.463. The molecule has 92 valence electrons. The molecule has 2 aromatic rings. The van der Waals surface area contributed by atoms with Gasteiger partial charge in [-0.3, -0.25) is 0 Å². The van der Waals surface area contributed by atoms with E-state index in [0.717, 1.165) is 21.6 Å². The number of aromatic nitrogens is 3. The zero-order valence-corrected chi connectivity index (χ0v) is 12.2. The first kappa shape index (κ1) is 12.1. The van der Waals surface area contributed by atoms with E-state index in [1.54, 1.807) is 0 Å². The lowest BCUT2D eigenvalue weighted by molar-refractivity contribution is 0.971. The van der Waals surface area contributed by atoms with Crippen LogP contribution < -0.4 is 0 Å². The summed E-state index contributed by atoms with van der Waals surface area (Å²) in [6, 6.07) is 5.81. The van der Waals surface area contributed by atoms with Crippen LogP contribution in [0.4, 0.5) is 0 Å². The molecule has 0 atom stereocenters. The van der Waals surface area contributed by atoms with Crippen molar-refractivity contribution in [3.05, 3.63) is 39.2 Å². The van der Waals surface area contributed by atoms with Gasteiger partial charge in [-0.2, -0.15) is 0 Å². The van der Waals surface area contributed by atoms with Gasteiger partial charge in [0.25, 0.3) is 0 Å². The molecule has 3 nitrogen and oxygen atoms in total. The molecular formula is C13H11BrClN3. The maximum atomic E-state index is 6.15. The third-order valence-corrected chi connectivity index (χ3v) is 4.20. The van der Waals surface area contributed by atoms with Crippen molar-refractivity contribution in [1.29, 1.82) is 0 Å². The highest BCUT2D eigenvalue weighted by molar-refractivity contribution is 9.10. The van der Waals surface area contributed by atoms with E-state index in [1.165, 1.54) is 12.8 Å². The largest absolute Gasteiger partial charge is 0.250 e. The minimum absolute atomic E-state index is 0.463. The highest BCUT2D eigenvalue weighted by Gasteiger charge is 2.29. The normalized spacial score (nSPS) is 14.8. The molecule has 1 saturated carbocycles. The molecule has 18 heavy (non-hydrogen) atoms. The molecular weight excluding hydrogens is 314 g/mol. The standard InChI is InChI=1S/C13H11BrClN3/c1-7-3-2-4-9(16-7)13-17-11(8-5-6-8)10(14)12(15)18-13/h2-4,8H,5-6H2,1H3. The van der Waals surface area contributed by atoms with Crippen LogP contribution in [0.25, 0.3) is 11.5 Å². The molecule has 1 aliphatic carbocycles. The summed E-state index contributed by atoms with van der Waals surface area (Å²) >= 11 is 9.62. The summed E-state index contributed by atoms with van der Waals surface area (Å²) in [6.07, 6.45) is 2.35. The average Bonchev–Trinajstić information content (AvgIpc) is 3.16. The van der Waals surface area contributed by atoms with E-state index in [1.807, 2.05) is 25.1 Å². The summed E-state index contributed by atoms with van der Waals surface area (Å²) in [7, 11) is 0. The van der Waals surface area contributed by atoms with Crippen LogP contribution in [0, 0.1) is 6.92 Å². The van der Waals surface area contributed by atoms with Crippen molar-refractivity contribution in [3.63, 3.8) is 0 Å². The van der Waals surface area contributed by atoms with Crippen LogP contribution in [-0.2, 0) is 0 Å². The highest BCUT2D eigenvalue weighted by Crippen LogP contribution is 2.44. The number of halogens is 2. The van der Waals surface area contributed by atoms with Gasteiger partial charge in [-0.25, -0.2) is 15.0 Å². The Morgan fingerprint density at radius 3 is 2.67 bits per heavy atom. The molecule has 0 aliphatic heterocycles. The molecule has 0 bridgehead atoms. The van der Waals surface area contributed by atoms with E-state index in [2.05, 4.69) is 30.9 Å². The first-order valence-corrected chi connectivity index (χ1v) is 6.99. The smallest absolute Gasteiger partial charge is 0.179 e. The number of pyridine rings is 1. The predicted octanol–water partition coefficient (Wildman–Crippen LogP) is 4.14. The fourth-order valence-electron chi connectivity index (χ4n) is 1.85. The van der Waals surface area contributed by atoms with Crippen molar-refractivity contribution in [2.45, 2.75) is 25.7 Å². The molecule has 0 aromatic carbocycles. The van der Waals surface area contributed by atoms with E-state index < -0.39 is 0 Å². The molecule has 0 N–H and O–H groups in total. The monoisotopic (exact) mass is 323 g/mol. The van der Waals surface area contributed by atoms with Gasteiger partial charge in [-0.15, -0.1) is 0 Å². The van der Waals surface area contributed by atoms with Gasteiger partial charge in [0.2, 0.25) is 0 Å². The first-order chi connectivity index (χ1) is 8.65. The Bertz CT molecular complexity index is 611. The Kier molecular flexibility index (Phi) is 3.08. The molecule has 0 saturated heterocycles. The van der Waals surface area contributed by atoms with Crippen LogP contribution in [0.5, 0.6) is 0 Å². The van der Waals surface area contributed by atoms with Gasteiger partial charge < -0.3 is 0 Å². The molecule has 2 heterocycles. The molecule has 1 aliphatic rings. The maximum Gasteiger partial charge on any atom is 0.179 e. The van der Waals surface area contributed by atoms with Crippen molar-refractivity contribution in [3.8, 4) is 11.5 Å². The SMILES string of the molecule is Cc1cccc(-c2nc(Cl)c(Br)c(C3CC3)n2)n1. The summed E-state index contributed by atoms with van der Waals surface area (Å²) in [4.78, 5) is 13.3. The van der Waals surface area contributed by atoms with E-state index in [9.17, 15) is 0 Å². The lowest BCUT2D eigenvalue weighted by Gasteiger charge is -2.07. The molecule has 0 unspecified atom stereocenters. The van der Waals surface area contributed by atoms with Crippen LogP contribution in [0.2, 0.25) is 5.15 Å². The summed E-state index contributed by atoms with van der Waals surface area (Å²) in [6.45, 7) is 1.95. The second-order valence-electron chi connectivity index (χ2n) is 4.48. The van der Waals surface area contributed by atoms with Crippen molar-refractivity contribution in [2.75, 3.05) is 0 Å². The first-order valence-electron chi connectivity index (χ1n) is 5.82. The maximum absolute atomic E-state index is 6.15. The quantitative estimate of drug-likeness (QED) is 0.779. The van der Waals surface area contributed by atoms with E-state index in [-0.39, 0.29) is 0 Å². The van der Waals surface area contributed by atoms with E-state index in [0.29, 0.717) is 16.9 Å². The third-order valence-electron chi connectivity index (χ3n) is 2.92. The van der Waals surface area contributed by atoms with Gasteiger partial charge >= 0.3 is 0 Å². The molecule has 2 aromatic heterocycles. The van der Waals surface area contributed by atoms with Gasteiger partial charge in [0.05, 0.1) is 10.2 Å². The average molecular weight is 325 g/mol. The Labute approximate surface area is 119 Å². The molecule has 3 rings (SSSR count). The van der Waals surface area contributed by atoms with Gasteiger partial charge in [-0.1, -0.05) is 17.7 Å². The number of hydrogen-bond donors (Lipinski definition) is 0. The number of rotatable bonds is 2. The predicted molar refractivity (Wildman–Crippen MR) is 74.7 cm³/mol. The number of nitrogens with zero attached hydrogens (tertiary/aromatic N) is 3. The van der Waals surface area contributed by atoms with Gasteiger partial charge in [-0.05, 0) is 47.8 Å². The topological polar surface area (TPSA) is 38.7 Å². The van der Waals surface area contributed by atoms with Crippen LogP contribution in [0.15, 0.2) is 22.7 Å². The van der Waals surface area contributed by atoms with Crippen molar-refractivity contribution >= 4 is 27.5 Å². The second kappa shape index (κ2) is 4.59. The van der Waals surface area contributed by atoms with Gasteiger partial charge in [0.15, 0.2) is 5.82 Å². The molecule has 0 radical (unpaired) electrons. The Balaban J connectivity index is 2.12. The third kappa shape index (κ3) is 2.27. The van der Waals surface area contributed by atoms with E-state index in [4.69, 9.17) is 11.6 Å². The fourth-order valence-corrected chi connectivity index (χ4v) is 2.52. The number of aryl methyl sites for hydroxylation is 1. The van der Waals surface area contributed by atoms with Crippen LogP contribution in [0.1, 0.15) is 30.1 Å². The van der Waals surface area contributed by atoms with Crippen LogP contribution >= 0.6 is 27.5 Å². The Hall–Kier alpha value is -1.000. The van der Waals surface area contributed by atoms with E-state index >= 15 is 0 Å². The van der Waals surface area contributed by atoms with Crippen molar-refractivity contribution < 1.29 is 0 Å². The highest BCUT2D eigenvalue weighted by atomic mass is 79.9. The van der Waals surface area contributed by atoms with Gasteiger partial charge in [0, 0.05) is 11.6 Å². The molecule has 1 fully saturated rings. The van der Waals surface area contributed by atoms with Crippen molar-refractivity contribution in [2.24, 2.45) is 0 Å². The zero-order valence-electron chi connectivity index (χ0n) is 9.82. The summed E-state index contributed by atoms with van der Waals surface area (Å²) < 4.78 is 0.822. The summed E-state index contributed by atoms with van der Waals surface area (Å²) in [5.41, 5.74) is 2.72. The fraction of sp³-hybridized carbons (Fsp3) is 0.308. The zero-order chi connectivity index (χ0) is 12.7. The lowest BCUT2D eigenvalue weighted by Crippen LogP contribution is -1.99. The van der Waals surface area contributed by atoms with Crippen LogP contribution in [-0.4, -0.2) is 15.0 Å². The minimum Gasteiger partial charge on any atom is -0.250 e. The Morgan fingerprint density at radius 2 is 2.00 bits per heavy atom. The molecule has 0 spiro atoms. The minimum atomic E-state index is 0.463. The second-order valence-corrected chi connectivity index (χ2v) is 5.63. The van der Waals surface area contributed by atoms with Crippen LogP contribution in [0.3, 0.4) is 0 Å².